The third-order valence-corrected chi connectivity index (χ3v) is 11.1. The highest BCUT2D eigenvalue weighted by atomic mass is 28.4. The lowest BCUT2D eigenvalue weighted by molar-refractivity contribution is -0.0130. The Morgan fingerprint density at radius 3 is 1.63 bits per heavy atom. The Bertz CT molecular complexity index is 889. The summed E-state index contributed by atoms with van der Waals surface area (Å²) >= 11 is 0. The minimum Gasteiger partial charge on any atom is -0.404 e. The topological polar surface area (TPSA) is 18.5 Å². The molecule has 0 aromatic heterocycles. The summed E-state index contributed by atoms with van der Waals surface area (Å²) in [4.78, 5) is 0. The van der Waals surface area contributed by atoms with Crippen molar-refractivity contribution in [2.45, 2.75) is 50.9 Å². The molecule has 0 amide bonds. The number of rotatable bonds is 8. The van der Waals surface area contributed by atoms with Crippen LogP contribution in [0.25, 0.3) is 0 Å². The third-order valence-electron chi connectivity index (χ3n) is 6.16. The molecule has 0 bridgehead atoms. The Labute approximate surface area is 182 Å². The van der Waals surface area contributed by atoms with Crippen LogP contribution >= 0.6 is 0 Å². The maximum Gasteiger partial charge on any atom is 0.261 e. The molecule has 156 valence electrons. The molecule has 3 aromatic rings. The fourth-order valence-corrected chi connectivity index (χ4v) is 8.92. The first-order valence-electron chi connectivity index (χ1n) is 10.9. The molecule has 0 heterocycles. The quantitative estimate of drug-likeness (QED) is 0.463. The SMILES string of the molecule is CC(C)(C)[Si](OCC1(OCc2ccccc2)CC1)(c1ccccc1)c1ccccc1. The molecule has 0 spiro atoms. The van der Waals surface area contributed by atoms with E-state index in [1.807, 2.05) is 6.07 Å². The molecule has 0 aliphatic heterocycles. The smallest absolute Gasteiger partial charge is 0.261 e. The molecular weight excluding hydrogens is 384 g/mol. The molecule has 0 saturated heterocycles. The van der Waals surface area contributed by atoms with E-state index in [9.17, 15) is 0 Å². The molecule has 1 aliphatic carbocycles. The predicted octanol–water partition coefficient (Wildman–Crippen LogP) is 5.31. The summed E-state index contributed by atoms with van der Waals surface area (Å²) in [5.74, 6) is 0. The highest BCUT2D eigenvalue weighted by Gasteiger charge is 2.53. The van der Waals surface area contributed by atoms with Gasteiger partial charge in [0.2, 0.25) is 0 Å². The molecule has 0 radical (unpaired) electrons. The van der Waals surface area contributed by atoms with E-state index in [0.29, 0.717) is 13.2 Å². The zero-order valence-electron chi connectivity index (χ0n) is 18.3. The molecule has 3 heteroatoms. The molecule has 0 unspecified atom stereocenters. The second-order valence-electron chi connectivity index (χ2n) is 9.41. The Morgan fingerprint density at radius 2 is 1.20 bits per heavy atom. The average Bonchev–Trinajstić information content (AvgIpc) is 3.54. The number of hydrogen-bond donors (Lipinski definition) is 0. The van der Waals surface area contributed by atoms with Crippen LogP contribution in [0.5, 0.6) is 0 Å². The van der Waals surface area contributed by atoms with Gasteiger partial charge in [0, 0.05) is 0 Å². The molecule has 0 atom stereocenters. The van der Waals surface area contributed by atoms with Crippen LogP contribution in [0.4, 0.5) is 0 Å². The van der Waals surface area contributed by atoms with Crippen molar-refractivity contribution < 1.29 is 9.16 Å². The van der Waals surface area contributed by atoms with Crippen molar-refractivity contribution in [3.63, 3.8) is 0 Å². The van der Waals surface area contributed by atoms with Crippen LogP contribution in [0.1, 0.15) is 39.2 Å². The van der Waals surface area contributed by atoms with Gasteiger partial charge in [-0.2, -0.15) is 0 Å². The number of ether oxygens (including phenoxy) is 1. The molecule has 4 rings (SSSR count). The summed E-state index contributed by atoms with van der Waals surface area (Å²) in [5.41, 5.74) is 1.07. The van der Waals surface area contributed by atoms with E-state index in [-0.39, 0.29) is 10.6 Å². The normalized spacial score (nSPS) is 15.7. The van der Waals surface area contributed by atoms with E-state index in [4.69, 9.17) is 9.16 Å². The van der Waals surface area contributed by atoms with E-state index in [2.05, 4.69) is 106 Å². The standard InChI is InChI=1S/C27H32O2Si/c1-26(2,3)30(24-15-9-5-10-16-24,25-17-11-6-12-18-25)29-22-27(19-20-27)28-21-23-13-7-4-8-14-23/h4-18H,19-22H2,1-3H3. The van der Waals surface area contributed by atoms with E-state index in [0.717, 1.165) is 12.8 Å². The monoisotopic (exact) mass is 416 g/mol. The fraction of sp³-hybridized carbons (Fsp3) is 0.333. The zero-order valence-corrected chi connectivity index (χ0v) is 19.3. The number of hydrogen-bond acceptors (Lipinski definition) is 2. The van der Waals surface area contributed by atoms with Gasteiger partial charge in [0.25, 0.3) is 8.32 Å². The lowest BCUT2D eigenvalue weighted by Crippen LogP contribution is -2.67. The van der Waals surface area contributed by atoms with Gasteiger partial charge < -0.3 is 9.16 Å². The maximum absolute atomic E-state index is 7.10. The van der Waals surface area contributed by atoms with Gasteiger partial charge >= 0.3 is 0 Å². The van der Waals surface area contributed by atoms with Crippen LogP contribution in [0, 0.1) is 0 Å². The van der Waals surface area contributed by atoms with E-state index in [1.54, 1.807) is 0 Å². The number of benzene rings is 3. The Hall–Kier alpha value is -2.20. The minimum atomic E-state index is -2.51. The predicted molar refractivity (Wildman–Crippen MR) is 127 cm³/mol. The molecule has 30 heavy (non-hydrogen) atoms. The van der Waals surface area contributed by atoms with Gasteiger partial charge in [-0.05, 0) is 33.8 Å². The van der Waals surface area contributed by atoms with Gasteiger partial charge in [0.05, 0.1) is 18.8 Å². The molecule has 0 N–H and O–H groups in total. The summed E-state index contributed by atoms with van der Waals surface area (Å²) in [6.45, 7) is 8.26. The van der Waals surface area contributed by atoms with Crippen LogP contribution in [-0.2, 0) is 15.8 Å². The first-order valence-corrected chi connectivity index (χ1v) is 12.8. The summed E-state index contributed by atoms with van der Waals surface area (Å²) in [6.07, 6.45) is 2.13. The van der Waals surface area contributed by atoms with Crippen LogP contribution in [0.15, 0.2) is 91.0 Å². The molecule has 1 fully saturated rings. The summed E-state index contributed by atoms with van der Waals surface area (Å²) < 4.78 is 13.5. The lowest BCUT2D eigenvalue weighted by Gasteiger charge is -2.43. The minimum absolute atomic E-state index is 0.00871. The average molecular weight is 417 g/mol. The molecular formula is C27H32O2Si. The van der Waals surface area contributed by atoms with Crippen molar-refractivity contribution in [1.29, 1.82) is 0 Å². The van der Waals surface area contributed by atoms with Crippen molar-refractivity contribution >= 4 is 18.7 Å². The van der Waals surface area contributed by atoms with Crippen molar-refractivity contribution in [3.8, 4) is 0 Å². The van der Waals surface area contributed by atoms with Crippen LogP contribution in [0.3, 0.4) is 0 Å². The van der Waals surface area contributed by atoms with Gasteiger partial charge in [-0.15, -0.1) is 0 Å². The summed E-state index contributed by atoms with van der Waals surface area (Å²) in [6, 6.07) is 32.1. The molecule has 1 aliphatic rings. The van der Waals surface area contributed by atoms with Gasteiger partial charge in [-0.25, -0.2) is 0 Å². The maximum atomic E-state index is 7.10. The molecule has 1 saturated carbocycles. The van der Waals surface area contributed by atoms with Crippen molar-refractivity contribution in [2.75, 3.05) is 6.61 Å². The summed E-state index contributed by atoms with van der Waals surface area (Å²) in [7, 11) is -2.51. The lowest BCUT2D eigenvalue weighted by atomic mass is 10.2. The Balaban J connectivity index is 1.62. The Morgan fingerprint density at radius 1 is 0.733 bits per heavy atom. The largest absolute Gasteiger partial charge is 0.404 e. The van der Waals surface area contributed by atoms with Gasteiger partial charge in [0.15, 0.2) is 0 Å². The highest BCUT2D eigenvalue weighted by molar-refractivity contribution is 6.99. The van der Waals surface area contributed by atoms with E-state index in [1.165, 1.54) is 15.9 Å². The summed E-state index contributed by atoms with van der Waals surface area (Å²) in [5, 5.41) is 2.63. The van der Waals surface area contributed by atoms with Crippen molar-refractivity contribution in [1.82, 2.24) is 0 Å². The highest BCUT2D eigenvalue weighted by Crippen LogP contribution is 2.44. The molecule has 2 nitrogen and oxygen atoms in total. The van der Waals surface area contributed by atoms with Crippen molar-refractivity contribution in [3.05, 3.63) is 96.6 Å². The van der Waals surface area contributed by atoms with E-state index >= 15 is 0 Å². The third kappa shape index (κ3) is 4.29. The van der Waals surface area contributed by atoms with Crippen LogP contribution < -0.4 is 10.4 Å². The second kappa shape index (κ2) is 8.50. The second-order valence-corrected chi connectivity index (χ2v) is 13.7. The zero-order chi connectivity index (χ0) is 21.1. The van der Waals surface area contributed by atoms with Crippen LogP contribution in [0.2, 0.25) is 5.04 Å². The van der Waals surface area contributed by atoms with Gasteiger partial charge in [0.1, 0.15) is 0 Å². The Kier molecular flexibility index (Phi) is 5.96. The van der Waals surface area contributed by atoms with E-state index < -0.39 is 8.32 Å². The molecule has 3 aromatic carbocycles. The van der Waals surface area contributed by atoms with Crippen LogP contribution in [-0.4, -0.2) is 20.5 Å². The fourth-order valence-electron chi connectivity index (χ4n) is 4.28. The first kappa shape index (κ1) is 21.0. The van der Waals surface area contributed by atoms with Gasteiger partial charge in [-0.3, -0.25) is 0 Å². The van der Waals surface area contributed by atoms with Crippen molar-refractivity contribution in [2.24, 2.45) is 0 Å². The van der Waals surface area contributed by atoms with Gasteiger partial charge in [-0.1, -0.05) is 112 Å². The first-order chi connectivity index (χ1) is 14.5.